The smallest absolute Gasteiger partial charge is 0.113 e. The van der Waals surface area contributed by atoms with E-state index < -0.39 is 5.41 Å². The van der Waals surface area contributed by atoms with Gasteiger partial charge in [-0.2, -0.15) is 10.4 Å². The molecule has 3 rings (SSSR count). The van der Waals surface area contributed by atoms with E-state index in [0.29, 0.717) is 0 Å². The number of benzene rings is 1. The van der Waals surface area contributed by atoms with Crippen LogP contribution >= 0.6 is 11.3 Å². The van der Waals surface area contributed by atoms with Crippen molar-refractivity contribution in [3.63, 3.8) is 0 Å². The molecule has 0 fully saturated rings. The number of nitrogens with zero attached hydrogens (tertiary/aromatic N) is 4. The minimum absolute atomic E-state index is 0.557. The summed E-state index contributed by atoms with van der Waals surface area (Å²) in [5.41, 5.74) is 2.27. The summed E-state index contributed by atoms with van der Waals surface area (Å²) in [6.07, 6.45) is 3.75. The second kappa shape index (κ2) is 5.15. The maximum atomic E-state index is 9.18. The van der Waals surface area contributed by atoms with E-state index in [1.165, 1.54) is 11.3 Å². The Morgan fingerprint density at radius 1 is 1.24 bits per heavy atom. The van der Waals surface area contributed by atoms with Gasteiger partial charge in [0.1, 0.15) is 10.4 Å². The first kappa shape index (κ1) is 13.5. The fourth-order valence-electron chi connectivity index (χ4n) is 1.92. The highest BCUT2D eigenvalue weighted by Gasteiger charge is 2.24. The number of rotatable bonds is 3. The molecule has 0 aliphatic rings. The number of aromatic nitrogens is 3. The van der Waals surface area contributed by atoms with Crippen LogP contribution in [-0.2, 0) is 5.41 Å². The maximum Gasteiger partial charge on any atom is 0.113 e. The van der Waals surface area contributed by atoms with E-state index in [2.05, 4.69) is 16.2 Å². The summed E-state index contributed by atoms with van der Waals surface area (Å²) in [6, 6.07) is 12.2. The topological polar surface area (TPSA) is 54.5 Å². The van der Waals surface area contributed by atoms with E-state index in [9.17, 15) is 5.26 Å². The first-order valence-corrected chi connectivity index (χ1v) is 7.46. The standard InChI is InChI=1S/C16H14N4S/c1-16(2,11-17)15-19-14(10-21-15)12-8-18-20(9-12)13-6-4-3-5-7-13/h3-10H,1-2H3. The zero-order chi connectivity index (χ0) is 14.9. The van der Waals surface area contributed by atoms with Gasteiger partial charge in [0.25, 0.3) is 0 Å². The molecule has 21 heavy (non-hydrogen) atoms. The number of thiazole rings is 1. The number of para-hydroxylation sites is 1. The summed E-state index contributed by atoms with van der Waals surface area (Å²) in [5.74, 6) is 0. The summed E-state index contributed by atoms with van der Waals surface area (Å²) in [6.45, 7) is 3.76. The van der Waals surface area contributed by atoms with Crippen LogP contribution in [0.4, 0.5) is 0 Å². The van der Waals surface area contributed by atoms with Crippen molar-refractivity contribution < 1.29 is 0 Å². The summed E-state index contributed by atoms with van der Waals surface area (Å²) in [7, 11) is 0. The molecule has 0 saturated carbocycles. The van der Waals surface area contributed by atoms with Gasteiger partial charge in [-0.25, -0.2) is 9.67 Å². The monoisotopic (exact) mass is 294 g/mol. The predicted octanol–water partition coefficient (Wildman–Crippen LogP) is 3.80. The normalized spacial score (nSPS) is 11.3. The van der Waals surface area contributed by atoms with Crippen molar-refractivity contribution in [2.24, 2.45) is 0 Å². The van der Waals surface area contributed by atoms with Crippen LogP contribution in [-0.4, -0.2) is 14.8 Å². The van der Waals surface area contributed by atoms with Crippen LogP contribution in [0.2, 0.25) is 0 Å². The van der Waals surface area contributed by atoms with Crippen molar-refractivity contribution in [3.8, 4) is 23.0 Å². The third-order valence-electron chi connectivity index (χ3n) is 3.22. The lowest BCUT2D eigenvalue weighted by Gasteiger charge is -2.09. The minimum Gasteiger partial charge on any atom is -0.240 e. The molecule has 5 heteroatoms. The maximum absolute atomic E-state index is 9.18. The minimum atomic E-state index is -0.557. The lowest BCUT2D eigenvalue weighted by Crippen LogP contribution is -2.13. The van der Waals surface area contributed by atoms with Gasteiger partial charge in [0.2, 0.25) is 0 Å². The highest BCUT2D eigenvalue weighted by atomic mass is 32.1. The van der Waals surface area contributed by atoms with Gasteiger partial charge in [-0.3, -0.25) is 0 Å². The number of hydrogen-bond acceptors (Lipinski definition) is 4. The van der Waals surface area contributed by atoms with Gasteiger partial charge < -0.3 is 0 Å². The molecule has 2 heterocycles. The van der Waals surface area contributed by atoms with Crippen molar-refractivity contribution in [1.82, 2.24) is 14.8 Å². The fourth-order valence-corrected chi connectivity index (χ4v) is 2.82. The summed E-state index contributed by atoms with van der Waals surface area (Å²) >= 11 is 1.51. The van der Waals surface area contributed by atoms with Crippen molar-refractivity contribution >= 4 is 11.3 Å². The van der Waals surface area contributed by atoms with Crippen molar-refractivity contribution in [2.45, 2.75) is 19.3 Å². The molecule has 4 nitrogen and oxygen atoms in total. The molecule has 0 unspecified atom stereocenters. The molecule has 0 radical (unpaired) electrons. The van der Waals surface area contributed by atoms with E-state index in [-0.39, 0.29) is 0 Å². The van der Waals surface area contributed by atoms with Crippen LogP contribution in [0.25, 0.3) is 16.9 Å². The molecular weight excluding hydrogens is 280 g/mol. The lowest BCUT2D eigenvalue weighted by atomic mass is 9.97. The van der Waals surface area contributed by atoms with Crippen LogP contribution in [0.1, 0.15) is 18.9 Å². The van der Waals surface area contributed by atoms with E-state index in [1.807, 2.05) is 60.4 Å². The van der Waals surface area contributed by atoms with Crippen LogP contribution in [0.15, 0.2) is 48.1 Å². The molecule has 1 aromatic carbocycles. The Hall–Kier alpha value is -2.45. The van der Waals surface area contributed by atoms with E-state index >= 15 is 0 Å². The van der Waals surface area contributed by atoms with Crippen molar-refractivity contribution in [3.05, 3.63) is 53.1 Å². The van der Waals surface area contributed by atoms with E-state index in [1.54, 1.807) is 6.20 Å². The first-order chi connectivity index (χ1) is 10.1. The summed E-state index contributed by atoms with van der Waals surface area (Å²) in [5, 5.41) is 16.4. The number of nitriles is 1. The fraction of sp³-hybridized carbons (Fsp3) is 0.188. The van der Waals surface area contributed by atoms with Crippen molar-refractivity contribution in [1.29, 1.82) is 5.26 Å². The van der Waals surface area contributed by atoms with Gasteiger partial charge >= 0.3 is 0 Å². The Kier molecular flexibility index (Phi) is 3.32. The molecular formula is C16H14N4S. The summed E-state index contributed by atoms with van der Waals surface area (Å²) in [4.78, 5) is 4.57. The second-order valence-electron chi connectivity index (χ2n) is 5.28. The second-order valence-corrected chi connectivity index (χ2v) is 6.14. The molecule has 0 atom stereocenters. The van der Waals surface area contributed by atoms with Gasteiger partial charge in [0, 0.05) is 17.1 Å². The predicted molar refractivity (Wildman–Crippen MR) is 83.3 cm³/mol. The van der Waals surface area contributed by atoms with Gasteiger partial charge in [-0.05, 0) is 26.0 Å². The Labute approximate surface area is 127 Å². The van der Waals surface area contributed by atoms with Crippen LogP contribution < -0.4 is 0 Å². The van der Waals surface area contributed by atoms with Gasteiger partial charge in [-0.15, -0.1) is 11.3 Å². The van der Waals surface area contributed by atoms with Gasteiger partial charge in [0.15, 0.2) is 0 Å². The summed E-state index contributed by atoms with van der Waals surface area (Å²) < 4.78 is 1.82. The van der Waals surface area contributed by atoms with E-state index in [0.717, 1.165) is 22.0 Å². The van der Waals surface area contributed by atoms with Crippen LogP contribution in [0.3, 0.4) is 0 Å². The molecule has 0 aliphatic carbocycles. The van der Waals surface area contributed by atoms with Gasteiger partial charge in [0.05, 0.1) is 23.6 Å². The highest BCUT2D eigenvalue weighted by molar-refractivity contribution is 7.10. The molecule has 0 saturated heterocycles. The lowest BCUT2D eigenvalue weighted by molar-refractivity contribution is 0.680. The van der Waals surface area contributed by atoms with Crippen LogP contribution in [0.5, 0.6) is 0 Å². The third kappa shape index (κ3) is 2.58. The van der Waals surface area contributed by atoms with Crippen LogP contribution in [0, 0.1) is 11.3 Å². The Bertz CT molecular complexity index is 793. The average molecular weight is 294 g/mol. The quantitative estimate of drug-likeness (QED) is 0.738. The average Bonchev–Trinajstić information content (AvgIpc) is 3.17. The SMILES string of the molecule is CC(C)(C#N)c1nc(-c2cnn(-c3ccccc3)c2)cs1. The molecule has 0 spiro atoms. The zero-order valence-electron chi connectivity index (χ0n) is 11.8. The molecule has 0 aliphatic heterocycles. The largest absolute Gasteiger partial charge is 0.240 e. The Balaban J connectivity index is 1.93. The highest BCUT2D eigenvalue weighted by Crippen LogP contribution is 2.29. The molecule has 2 aromatic heterocycles. The van der Waals surface area contributed by atoms with Gasteiger partial charge in [-0.1, -0.05) is 18.2 Å². The first-order valence-electron chi connectivity index (χ1n) is 6.58. The molecule has 0 bridgehead atoms. The molecule has 104 valence electrons. The van der Waals surface area contributed by atoms with Crippen molar-refractivity contribution in [2.75, 3.05) is 0 Å². The third-order valence-corrected chi connectivity index (χ3v) is 4.38. The van der Waals surface area contributed by atoms with E-state index in [4.69, 9.17) is 0 Å². The Morgan fingerprint density at radius 2 is 2.00 bits per heavy atom. The Morgan fingerprint density at radius 3 is 2.71 bits per heavy atom. The molecule has 0 amide bonds. The zero-order valence-corrected chi connectivity index (χ0v) is 12.6. The molecule has 3 aromatic rings. The molecule has 0 N–H and O–H groups in total. The number of hydrogen-bond donors (Lipinski definition) is 0.